The zero-order chi connectivity index (χ0) is 16.4. The first-order valence-electron chi connectivity index (χ1n) is 7.48. The molecule has 1 atom stereocenters. The van der Waals surface area contributed by atoms with Gasteiger partial charge in [-0.25, -0.2) is 9.78 Å². The molecule has 1 rings (SSSR count). The summed E-state index contributed by atoms with van der Waals surface area (Å²) in [6.07, 6.45) is 3.21. The van der Waals surface area contributed by atoms with Gasteiger partial charge in [0.15, 0.2) is 0 Å². The molecule has 0 fully saturated rings. The summed E-state index contributed by atoms with van der Waals surface area (Å²) in [7, 11) is 1.69. The average Bonchev–Trinajstić information content (AvgIpc) is 2.92. The molecular weight excluding hydrogens is 302 g/mol. The first-order valence-corrected chi connectivity index (χ1v) is 8.36. The minimum Gasteiger partial charge on any atom is -0.444 e. The first kappa shape index (κ1) is 18.9. The molecule has 0 aromatic carbocycles. The van der Waals surface area contributed by atoms with E-state index in [1.54, 1.807) is 24.6 Å². The van der Waals surface area contributed by atoms with Crippen molar-refractivity contribution in [3.05, 3.63) is 16.6 Å². The van der Waals surface area contributed by atoms with Crippen LogP contribution < -0.4 is 10.6 Å². The predicted molar refractivity (Wildman–Crippen MR) is 88.1 cm³/mol. The summed E-state index contributed by atoms with van der Waals surface area (Å²) in [6, 6.07) is 0.245. The van der Waals surface area contributed by atoms with E-state index in [1.807, 2.05) is 26.2 Å². The maximum atomic E-state index is 11.5. The van der Waals surface area contributed by atoms with Crippen molar-refractivity contribution < 1.29 is 14.3 Å². The molecule has 1 aromatic rings. The van der Waals surface area contributed by atoms with Gasteiger partial charge in [0.25, 0.3) is 0 Å². The highest BCUT2D eigenvalue weighted by atomic mass is 32.1. The molecule has 1 amide bonds. The van der Waals surface area contributed by atoms with Crippen LogP contribution in [0, 0.1) is 0 Å². The van der Waals surface area contributed by atoms with Gasteiger partial charge in [0.2, 0.25) is 0 Å². The molecule has 0 aliphatic carbocycles. The maximum Gasteiger partial charge on any atom is 0.407 e. The number of carbonyl (C=O) groups excluding carboxylic acids is 1. The molecule has 0 saturated carbocycles. The van der Waals surface area contributed by atoms with Crippen molar-refractivity contribution >= 4 is 17.4 Å². The van der Waals surface area contributed by atoms with Gasteiger partial charge in [-0.2, -0.15) is 0 Å². The minimum absolute atomic E-state index is 0.245. The molecule has 22 heavy (non-hydrogen) atoms. The Labute approximate surface area is 136 Å². The minimum atomic E-state index is -0.460. The lowest BCUT2D eigenvalue weighted by molar-refractivity contribution is 0.0526. The number of ether oxygens (including phenoxy) is 2. The maximum absolute atomic E-state index is 11.5. The lowest BCUT2D eigenvalue weighted by Gasteiger charge is -2.20. The van der Waals surface area contributed by atoms with E-state index in [-0.39, 0.29) is 12.1 Å². The fraction of sp³-hybridized carbons (Fsp3) is 0.733. The van der Waals surface area contributed by atoms with Crippen LogP contribution in [0.2, 0.25) is 0 Å². The number of hydrogen-bond donors (Lipinski definition) is 2. The van der Waals surface area contributed by atoms with Crippen LogP contribution in [-0.4, -0.2) is 43.0 Å². The summed E-state index contributed by atoms with van der Waals surface area (Å²) in [5.41, 5.74) is -0.460. The summed E-state index contributed by atoms with van der Waals surface area (Å²) in [5.74, 6) is 0. The highest BCUT2D eigenvalue weighted by molar-refractivity contribution is 7.09. The number of carbonyl (C=O) groups is 1. The third kappa shape index (κ3) is 8.96. The normalized spacial score (nSPS) is 12.9. The number of alkyl carbamates (subject to hydrolysis) is 1. The number of nitrogens with zero attached hydrogens (tertiary/aromatic N) is 1. The molecule has 6 nitrogen and oxygen atoms in total. The van der Waals surface area contributed by atoms with Gasteiger partial charge in [0.1, 0.15) is 10.6 Å². The molecule has 1 unspecified atom stereocenters. The lowest BCUT2D eigenvalue weighted by atomic mass is 10.1. The van der Waals surface area contributed by atoms with E-state index in [4.69, 9.17) is 9.47 Å². The van der Waals surface area contributed by atoms with E-state index >= 15 is 0 Å². The third-order valence-corrected chi connectivity index (χ3v) is 3.57. The Hall–Kier alpha value is -1.18. The number of aromatic nitrogens is 1. The molecule has 1 aromatic heterocycles. The number of methoxy groups -OCH3 is 1. The van der Waals surface area contributed by atoms with Crippen LogP contribution >= 0.6 is 11.3 Å². The van der Waals surface area contributed by atoms with Gasteiger partial charge in [0, 0.05) is 37.8 Å². The Morgan fingerprint density at radius 2 is 2.23 bits per heavy atom. The second-order valence-electron chi connectivity index (χ2n) is 6.03. The highest BCUT2D eigenvalue weighted by Crippen LogP contribution is 2.07. The summed E-state index contributed by atoms with van der Waals surface area (Å²) >= 11 is 1.63. The van der Waals surface area contributed by atoms with Crippen LogP contribution in [-0.2, 0) is 16.0 Å². The number of thiazole rings is 1. The van der Waals surface area contributed by atoms with Gasteiger partial charge in [-0.3, -0.25) is 0 Å². The number of nitrogens with one attached hydrogen (secondary N) is 2. The van der Waals surface area contributed by atoms with Crippen LogP contribution in [0.3, 0.4) is 0 Å². The summed E-state index contributed by atoms with van der Waals surface area (Å²) in [4.78, 5) is 15.8. The van der Waals surface area contributed by atoms with Crippen LogP contribution in [0.15, 0.2) is 11.6 Å². The topological polar surface area (TPSA) is 72.5 Å². The Bertz CT molecular complexity index is 418. The van der Waals surface area contributed by atoms with E-state index in [0.717, 1.165) is 24.4 Å². The summed E-state index contributed by atoms with van der Waals surface area (Å²) < 4.78 is 10.4. The molecule has 1 heterocycles. The second-order valence-corrected chi connectivity index (χ2v) is 7.01. The van der Waals surface area contributed by atoms with E-state index in [2.05, 4.69) is 15.6 Å². The van der Waals surface area contributed by atoms with Crippen molar-refractivity contribution in [1.82, 2.24) is 15.6 Å². The van der Waals surface area contributed by atoms with Gasteiger partial charge in [-0.15, -0.1) is 11.3 Å². The second kappa shape index (κ2) is 9.76. The quantitative estimate of drug-likeness (QED) is 0.681. The zero-order valence-electron chi connectivity index (χ0n) is 13.8. The van der Waals surface area contributed by atoms with Gasteiger partial charge < -0.3 is 20.1 Å². The van der Waals surface area contributed by atoms with E-state index in [9.17, 15) is 4.79 Å². The van der Waals surface area contributed by atoms with Crippen LogP contribution in [0.1, 0.15) is 38.6 Å². The number of hydrogen-bond acceptors (Lipinski definition) is 6. The summed E-state index contributed by atoms with van der Waals surface area (Å²) in [6.45, 7) is 7.52. The fourth-order valence-corrected chi connectivity index (χ4v) is 2.44. The van der Waals surface area contributed by atoms with Crippen molar-refractivity contribution in [3.63, 3.8) is 0 Å². The Morgan fingerprint density at radius 1 is 1.45 bits per heavy atom. The van der Waals surface area contributed by atoms with Crippen molar-refractivity contribution in [3.8, 4) is 0 Å². The van der Waals surface area contributed by atoms with Gasteiger partial charge in [-0.05, 0) is 33.6 Å². The molecular formula is C15H27N3O3S. The van der Waals surface area contributed by atoms with Gasteiger partial charge >= 0.3 is 6.09 Å². The average molecular weight is 329 g/mol. The Kier molecular flexibility index (Phi) is 8.37. The molecule has 0 aliphatic heterocycles. The molecule has 0 spiro atoms. The third-order valence-electron chi connectivity index (χ3n) is 2.79. The fourth-order valence-electron chi connectivity index (χ4n) is 1.87. The van der Waals surface area contributed by atoms with Crippen molar-refractivity contribution in [2.24, 2.45) is 0 Å². The molecule has 0 bridgehead atoms. The van der Waals surface area contributed by atoms with E-state index in [0.29, 0.717) is 13.2 Å². The summed E-state index contributed by atoms with van der Waals surface area (Å²) in [5, 5.41) is 9.22. The van der Waals surface area contributed by atoms with Gasteiger partial charge in [0.05, 0.1) is 6.61 Å². The molecule has 2 N–H and O–H groups in total. The van der Waals surface area contributed by atoms with Crippen LogP contribution in [0.25, 0.3) is 0 Å². The smallest absolute Gasteiger partial charge is 0.407 e. The van der Waals surface area contributed by atoms with Crippen molar-refractivity contribution in [2.45, 2.75) is 51.8 Å². The monoisotopic (exact) mass is 329 g/mol. The molecule has 126 valence electrons. The van der Waals surface area contributed by atoms with Gasteiger partial charge in [-0.1, -0.05) is 0 Å². The van der Waals surface area contributed by atoms with Crippen molar-refractivity contribution in [1.29, 1.82) is 0 Å². The SMILES string of the molecule is COCC(CCCNC(=O)OC(C)(C)C)NCc1nccs1. The highest BCUT2D eigenvalue weighted by Gasteiger charge is 2.15. The standard InChI is InChI=1S/C15H27N3O3S/c1-15(2,3)21-14(19)17-7-5-6-12(11-20-4)18-10-13-16-8-9-22-13/h8-9,12,18H,5-7,10-11H2,1-4H3,(H,17,19). The zero-order valence-corrected chi connectivity index (χ0v) is 14.7. The molecule has 0 radical (unpaired) electrons. The molecule has 7 heteroatoms. The van der Waals surface area contributed by atoms with Crippen LogP contribution in [0.5, 0.6) is 0 Å². The van der Waals surface area contributed by atoms with Crippen LogP contribution in [0.4, 0.5) is 4.79 Å². The van der Waals surface area contributed by atoms with E-state index in [1.165, 1.54) is 0 Å². The predicted octanol–water partition coefficient (Wildman–Crippen LogP) is 2.55. The molecule has 0 saturated heterocycles. The van der Waals surface area contributed by atoms with E-state index < -0.39 is 5.60 Å². The number of rotatable bonds is 9. The number of amides is 1. The largest absolute Gasteiger partial charge is 0.444 e. The first-order chi connectivity index (χ1) is 10.4. The van der Waals surface area contributed by atoms with Crippen molar-refractivity contribution in [2.75, 3.05) is 20.3 Å². The molecule has 0 aliphatic rings. The Balaban J connectivity index is 2.19. The Morgan fingerprint density at radius 3 is 2.82 bits per heavy atom. The lowest BCUT2D eigenvalue weighted by Crippen LogP contribution is -2.35.